The van der Waals surface area contributed by atoms with E-state index in [4.69, 9.17) is 9.47 Å². The van der Waals surface area contributed by atoms with Gasteiger partial charge in [0.15, 0.2) is 11.5 Å². The van der Waals surface area contributed by atoms with Gasteiger partial charge in [0.2, 0.25) is 0 Å². The Morgan fingerprint density at radius 1 is 1.12 bits per heavy atom. The number of nitro benzene ring substituents is 1. The molecule has 0 saturated heterocycles. The van der Waals surface area contributed by atoms with Crippen molar-refractivity contribution in [2.45, 2.75) is 13.0 Å². The molecular formula is C17H18N2O5. The molecule has 0 aliphatic carbocycles. The van der Waals surface area contributed by atoms with Crippen molar-refractivity contribution in [1.82, 2.24) is 5.32 Å². The standard InChI is InChI=1S/C17H18N2O5/c1-11(12-8-9-15(23-2)16(10-12)24-3)18-17(20)13-6-4-5-7-14(13)19(21)22/h4-11H,1-3H3,(H,18,20). The molecule has 0 spiro atoms. The van der Waals surface area contributed by atoms with Crippen LogP contribution >= 0.6 is 0 Å². The van der Waals surface area contributed by atoms with Gasteiger partial charge in [-0.1, -0.05) is 18.2 Å². The number of hydrogen-bond donors (Lipinski definition) is 1. The number of nitro groups is 1. The highest BCUT2D eigenvalue weighted by Gasteiger charge is 2.21. The molecule has 1 N–H and O–H groups in total. The fourth-order valence-corrected chi connectivity index (χ4v) is 2.30. The van der Waals surface area contributed by atoms with Crippen LogP contribution in [0.4, 0.5) is 5.69 Å². The van der Waals surface area contributed by atoms with E-state index in [0.717, 1.165) is 5.56 Å². The second kappa shape index (κ2) is 7.45. The molecule has 0 aliphatic rings. The zero-order valence-electron chi connectivity index (χ0n) is 13.6. The summed E-state index contributed by atoms with van der Waals surface area (Å²) in [5.41, 5.74) is 0.587. The number of nitrogens with zero attached hydrogens (tertiary/aromatic N) is 1. The average molecular weight is 330 g/mol. The van der Waals surface area contributed by atoms with Crippen molar-refractivity contribution in [2.24, 2.45) is 0 Å². The topological polar surface area (TPSA) is 90.7 Å². The second-order valence-electron chi connectivity index (χ2n) is 5.08. The van der Waals surface area contributed by atoms with Gasteiger partial charge >= 0.3 is 0 Å². The zero-order chi connectivity index (χ0) is 17.7. The number of hydrogen-bond acceptors (Lipinski definition) is 5. The predicted molar refractivity (Wildman–Crippen MR) is 88.5 cm³/mol. The largest absolute Gasteiger partial charge is 0.493 e. The molecule has 7 heteroatoms. The van der Waals surface area contributed by atoms with Crippen LogP contribution in [0.3, 0.4) is 0 Å². The molecule has 0 heterocycles. The molecule has 0 saturated carbocycles. The van der Waals surface area contributed by atoms with Crippen LogP contribution in [0.1, 0.15) is 28.9 Å². The highest BCUT2D eigenvalue weighted by atomic mass is 16.6. The van der Waals surface area contributed by atoms with Gasteiger partial charge < -0.3 is 14.8 Å². The van der Waals surface area contributed by atoms with Crippen LogP contribution in [0.15, 0.2) is 42.5 Å². The molecule has 2 aromatic rings. The molecule has 1 amide bonds. The first-order chi connectivity index (χ1) is 11.5. The van der Waals surface area contributed by atoms with Crippen LogP contribution in [-0.4, -0.2) is 25.1 Å². The minimum absolute atomic E-state index is 0.0230. The number of rotatable bonds is 6. The van der Waals surface area contributed by atoms with E-state index in [9.17, 15) is 14.9 Å². The fraction of sp³-hybridized carbons (Fsp3) is 0.235. The summed E-state index contributed by atoms with van der Waals surface area (Å²) in [6.07, 6.45) is 0. The summed E-state index contributed by atoms with van der Waals surface area (Å²) in [5, 5.41) is 13.8. The summed E-state index contributed by atoms with van der Waals surface area (Å²) in [6.45, 7) is 1.79. The maximum atomic E-state index is 12.4. The Morgan fingerprint density at radius 2 is 1.79 bits per heavy atom. The van der Waals surface area contributed by atoms with Crippen molar-refractivity contribution >= 4 is 11.6 Å². The van der Waals surface area contributed by atoms with Crippen LogP contribution in [-0.2, 0) is 0 Å². The summed E-state index contributed by atoms with van der Waals surface area (Å²) in [6, 6.07) is 10.8. The maximum absolute atomic E-state index is 12.4. The van der Waals surface area contributed by atoms with Crippen LogP contribution < -0.4 is 14.8 Å². The van der Waals surface area contributed by atoms with Crippen molar-refractivity contribution in [2.75, 3.05) is 14.2 Å². The molecule has 0 fully saturated rings. The smallest absolute Gasteiger partial charge is 0.282 e. The quantitative estimate of drug-likeness (QED) is 0.649. The first kappa shape index (κ1) is 17.3. The van der Waals surface area contributed by atoms with Crippen LogP contribution in [0.25, 0.3) is 0 Å². The van der Waals surface area contributed by atoms with Crippen molar-refractivity contribution in [3.8, 4) is 11.5 Å². The molecule has 1 unspecified atom stereocenters. The van der Waals surface area contributed by atoms with Gasteiger partial charge in [-0.05, 0) is 30.7 Å². The number of methoxy groups -OCH3 is 2. The molecule has 24 heavy (non-hydrogen) atoms. The summed E-state index contributed by atoms with van der Waals surface area (Å²) < 4.78 is 10.4. The average Bonchev–Trinajstić information content (AvgIpc) is 2.60. The molecule has 2 aromatic carbocycles. The van der Waals surface area contributed by atoms with Crippen molar-refractivity contribution in [3.63, 3.8) is 0 Å². The van der Waals surface area contributed by atoms with Gasteiger partial charge in [0.25, 0.3) is 11.6 Å². The summed E-state index contributed by atoms with van der Waals surface area (Å²) >= 11 is 0. The van der Waals surface area contributed by atoms with Gasteiger partial charge in [-0.25, -0.2) is 0 Å². The van der Waals surface area contributed by atoms with E-state index in [2.05, 4.69) is 5.32 Å². The Hall–Kier alpha value is -3.09. The number of carbonyl (C=O) groups excluding carboxylic acids is 1. The Bertz CT molecular complexity index is 760. The van der Waals surface area contributed by atoms with E-state index in [1.165, 1.54) is 32.4 Å². The number of benzene rings is 2. The summed E-state index contributed by atoms with van der Waals surface area (Å²) in [7, 11) is 3.06. The first-order valence-electron chi connectivity index (χ1n) is 7.24. The molecular weight excluding hydrogens is 312 g/mol. The lowest BCUT2D eigenvalue weighted by molar-refractivity contribution is -0.385. The number of amides is 1. The third kappa shape index (κ3) is 3.62. The van der Waals surface area contributed by atoms with Crippen molar-refractivity contribution in [1.29, 1.82) is 0 Å². The van der Waals surface area contributed by atoms with Crippen LogP contribution in [0.2, 0.25) is 0 Å². The van der Waals surface area contributed by atoms with E-state index < -0.39 is 10.8 Å². The molecule has 0 aliphatic heterocycles. The third-order valence-electron chi connectivity index (χ3n) is 3.60. The van der Waals surface area contributed by atoms with E-state index in [1.54, 1.807) is 31.2 Å². The van der Waals surface area contributed by atoms with Gasteiger partial charge in [0.1, 0.15) is 5.56 Å². The lowest BCUT2D eigenvalue weighted by Gasteiger charge is -2.16. The lowest BCUT2D eigenvalue weighted by Crippen LogP contribution is -2.27. The van der Waals surface area contributed by atoms with Crippen molar-refractivity contribution < 1.29 is 19.2 Å². The Balaban J connectivity index is 2.22. The highest BCUT2D eigenvalue weighted by molar-refractivity contribution is 5.98. The third-order valence-corrected chi connectivity index (χ3v) is 3.60. The number of ether oxygens (including phenoxy) is 2. The number of nitrogens with one attached hydrogen (secondary N) is 1. The summed E-state index contributed by atoms with van der Waals surface area (Å²) in [5.74, 6) is 0.616. The Morgan fingerprint density at radius 3 is 2.42 bits per heavy atom. The van der Waals surface area contributed by atoms with Gasteiger partial charge in [-0.15, -0.1) is 0 Å². The van der Waals surface area contributed by atoms with E-state index in [1.807, 2.05) is 0 Å². The normalized spacial score (nSPS) is 11.5. The minimum Gasteiger partial charge on any atom is -0.493 e. The molecule has 126 valence electrons. The molecule has 0 aromatic heterocycles. The molecule has 1 atom stereocenters. The van der Waals surface area contributed by atoms with Gasteiger partial charge in [-0.3, -0.25) is 14.9 Å². The SMILES string of the molecule is COc1ccc(C(C)NC(=O)c2ccccc2[N+](=O)[O-])cc1OC. The first-order valence-corrected chi connectivity index (χ1v) is 7.24. The fourth-order valence-electron chi connectivity index (χ4n) is 2.30. The Kier molecular flexibility index (Phi) is 5.36. The summed E-state index contributed by atoms with van der Waals surface area (Å²) in [4.78, 5) is 22.8. The number of carbonyl (C=O) groups is 1. The van der Waals surface area contributed by atoms with E-state index in [-0.39, 0.29) is 17.3 Å². The number of para-hydroxylation sites is 1. The predicted octanol–water partition coefficient (Wildman–Crippen LogP) is 3.10. The monoisotopic (exact) mass is 330 g/mol. The van der Waals surface area contributed by atoms with Gasteiger partial charge in [0.05, 0.1) is 25.2 Å². The molecule has 7 nitrogen and oxygen atoms in total. The zero-order valence-corrected chi connectivity index (χ0v) is 13.6. The van der Waals surface area contributed by atoms with Crippen LogP contribution in [0.5, 0.6) is 11.5 Å². The lowest BCUT2D eigenvalue weighted by atomic mass is 10.1. The minimum atomic E-state index is -0.573. The van der Waals surface area contributed by atoms with E-state index in [0.29, 0.717) is 11.5 Å². The molecule has 0 radical (unpaired) electrons. The van der Waals surface area contributed by atoms with Crippen LogP contribution in [0, 0.1) is 10.1 Å². The maximum Gasteiger partial charge on any atom is 0.282 e. The van der Waals surface area contributed by atoms with Crippen molar-refractivity contribution in [3.05, 3.63) is 63.7 Å². The van der Waals surface area contributed by atoms with Gasteiger partial charge in [-0.2, -0.15) is 0 Å². The molecule has 0 bridgehead atoms. The highest BCUT2D eigenvalue weighted by Crippen LogP contribution is 2.30. The Labute approximate surface area is 139 Å². The second-order valence-corrected chi connectivity index (χ2v) is 5.08. The van der Waals surface area contributed by atoms with E-state index >= 15 is 0 Å². The molecule has 2 rings (SSSR count). The van der Waals surface area contributed by atoms with Gasteiger partial charge in [0, 0.05) is 6.07 Å².